The summed E-state index contributed by atoms with van der Waals surface area (Å²) in [5.41, 5.74) is 2.15. The second-order valence-electron chi connectivity index (χ2n) is 3.69. The lowest BCUT2D eigenvalue weighted by Gasteiger charge is -2.03. The van der Waals surface area contributed by atoms with Gasteiger partial charge in [0.05, 0.1) is 5.75 Å². The van der Waals surface area contributed by atoms with Gasteiger partial charge in [-0.2, -0.15) is 0 Å². The molecule has 0 atom stereocenters. The fourth-order valence-corrected chi connectivity index (χ4v) is 2.77. The highest BCUT2D eigenvalue weighted by Crippen LogP contribution is 2.29. The van der Waals surface area contributed by atoms with E-state index in [1.165, 1.54) is 23.1 Å². The maximum Gasteiger partial charge on any atom is 0.287 e. The van der Waals surface area contributed by atoms with Crippen molar-refractivity contribution in [3.63, 3.8) is 0 Å². The normalized spacial score (nSPS) is 10.5. The number of hydrogen-bond acceptors (Lipinski definition) is 9. The Morgan fingerprint density at radius 1 is 1.58 bits per heavy atom. The quantitative estimate of drug-likeness (QED) is 0.355. The Bertz CT molecular complexity index is 567. The van der Waals surface area contributed by atoms with Crippen LogP contribution in [0.3, 0.4) is 0 Å². The molecule has 102 valence electrons. The smallest absolute Gasteiger partial charge is 0.287 e. The van der Waals surface area contributed by atoms with Gasteiger partial charge in [0.15, 0.2) is 10.0 Å². The fourth-order valence-electron chi connectivity index (χ4n) is 1.14. The molecule has 8 nitrogen and oxygen atoms in total. The number of hydrazine groups is 1. The Morgan fingerprint density at radius 2 is 2.37 bits per heavy atom. The summed E-state index contributed by atoms with van der Waals surface area (Å²) in [5.74, 6) is 5.62. The first kappa shape index (κ1) is 13.8. The minimum Gasteiger partial charge on any atom is -0.360 e. The number of nitrogens with zero attached hydrogens (tertiary/aromatic N) is 4. The predicted molar refractivity (Wildman–Crippen MR) is 72.0 cm³/mol. The van der Waals surface area contributed by atoms with Crippen molar-refractivity contribution < 1.29 is 9.32 Å². The molecule has 0 aliphatic carbocycles. The van der Waals surface area contributed by atoms with E-state index in [1.54, 1.807) is 6.07 Å². The Balaban J connectivity index is 1.94. The predicted octanol–water partition coefficient (Wildman–Crippen LogP) is 0.488. The van der Waals surface area contributed by atoms with Crippen molar-refractivity contribution in [1.82, 2.24) is 20.8 Å². The molecule has 0 aliphatic heterocycles. The van der Waals surface area contributed by atoms with Crippen molar-refractivity contribution in [2.75, 3.05) is 19.0 Å². The summed E-state index contributed by atoms with van der Waals surface area (Å²) in [6.45, 7) is 0. The van der Waals surface area contributed by atoms with Crippen molar-refractivity contribution in [2.24, 2.45) is 5.84 Å². The second kappa shape index (κ2) is 5.99. The SMILES string of the molecule is CN(C)c1nnc(SCc2cc(C(=O)NN)no2)s1. The van der Waals surface area contributed by atoms with Crippen LogP contribution in [0, 0.1) is 0 Å². The third-order valence-electron chi connectivity index (χ3n) is 2.04. The zero-order valence-electron chi connectivity index (χ0n) is 10.3. The van der Waals surface area contributed by atoms with E-state index in [0.29, 0.717) is 11.5 Å². The van der Waals surface area contributed by atoms with Crippen LogP contribution in [-0.4, -0.2) is 35.4 Å². The summed E-state index contributed by atoms with van der Waals surface area (Å²) in [6, 6.07) is 1.54. The van der Waals surface area contributed by atoms with E-state index in [9.17, 15) is 4.79 Å². The van der Waals surface area contributed by atoms with Gasteiger partial charge in [-0.3, -0.25) is 10.2 Å². The van der Waals surface area contributed by atoms with E-state index in [2.05, 4.69) is 15.4 Å². The van der Waals surface area contributed by atoms with Crippen molar-refractivity contribution in [1.29, 1.82) is 0 Å². The van der Waals surface area contributed by atoms with Crippen LogP contribution in [0.5, 0.6) is 0 Å². The lowest BCUT2D eigenvalue weighted by molar-refractivity contribution is 0.0944. The zero-order chi connectivity index (χ0) is 13.8. The molecular formula is C9H12N6O2S2. The van der Waals surface area contributed by atoms with Crippen LogP contribution in [0.2, 0.25) is 0 Å². The summed E-state index contributed by atoms with van der Waals surface area (Å²) in [6.07, 6.45) is 0. The first-order valence-corrected chi connectivity index (χ1v) is 7.00. The number of thioether (sulfide) groups is 1. The van der Waals surface area contributed by atoms with Gasteiger partial charge < -0.3 is 9.42 Å². The third kappa shape index (κ3) is 3.43. The molecule has 0 aromatic carbocycles. The number of anilines is 1. The van der Waals surface area contributed by atoms with Crippen molar-refractivity contribution in [2.45, 2.75) is 10.1 Å². The molecule has 0 aliphatic rings. The number of carbonyl (C=O) groups excluding carboxylic acids is 1. The maximum absolute atomic E-state index is 11.2. The molecule has 0 unspecified atom stereocenters. The molecule has 10 heteroatoms. The summed E-state index contributed by atoms with van der Waals surface area (Å²) >= 11 is 2.95. The highest BCUT2D eigenvalue weighted by atomic mass is 32.2. The van der Waals surface area contributed by atoms with E-state index in [1.807, 2.05) is 24.4 Å². The summed E-state index contributed by atoms with van der Waals surface area (Å²) in [4.78, 5) is 13.1. The summed E-state index contributed by atoms with van der Waals surface area (Å²) < 4.78 is 5.85. The van der Waals surface area contributed by atoms with E-state index >= 15 is 0 Å². The zero-order valence-corrected chi connectivity index (χ0v) is 11.9. The average Bonchev–Trinajstić information content (AvgIpc) is 3.04. The number of carbonyl (C=O) groups is 1. The largest absolute Gasteiger partial charge is 0.360 e. The van der Waals surface area contributed by atoms with Gasteiger partial charge in [-0.15, -0.1) is 10.2 Å². The van der Waals surface area contributed by atoms with Crippen LogP contribution in [-0.2, 0) is 5.75 Å². The highest BCUT2D eigenvalue weighted by Gasteiger charge is 2.12. The van der Waals surface area contributed by atoms with Gasteiger partial charge in [0.2, 0.25) is 5.13 Å². The first-order valence-electron chi connectivity index (χ1n) is 5.20. The minimum atomic E-state index is -0.481. The van der Waals surface area contributed by atoms with Crippen LogP contribution in [0.1, 0.15) is 16.2 Å². The number of nitrogens with two attached hydrogens (primary N) is 1. The van der Waals surface area contributed by atoms with Crippen LogP contribution in [0.4, 0.5) is 5.13 Å². The summed E-state index contributed by atoms with van der Waals surface area (Å²) in [5, 5.41) is 12.5. The maximum atomic E-state index is 11.2. The van der Waals surface area contributed by atoms with Crippen LogP contribution in [0.25, 0.3) is 0 Å². The molecule has 0 radical (unpaired) electrons. The van der Waals surface area contributed by atoms with E-state index in [0.717, 1.165) is 9.47 Å². The van der Waals surface area contributed by atoms with Gasteiger partial charge in [-0.1, -0.05) is 28.3 Å². The molecule has 0 fully saturated rings. The number of rotatable bonds is 5. The fraction of sp³-hybridized carbons (Fsp3) is 0.333. The Labute approximate surface area is 117 Å². The molecular weight excluding hydrogens is 288 g/mol. The van der Waals surface area contributed by atoms with Gasteiger partial charge in [-0.05, 0) is 0 Å². The van der Waals surface area contributed by atoms with Gasteiger partial charge in [0.25, 0.3) is 5.91 Å². The van der Waals surface area contributed by atoms with E-state index in [-0.39, 0.29) is 5.69 Å². The Kier molecular flexibility index (Phi) is 4.35. The van der Waals surface area contributed by atoms with Gasteiger partial charge >= 0.3 is 0 Å². The van der Waals surface area contributed by atoms with Crippen LogP contribution in [0.15, 0.2) is 14.9 Å². The average molecular weight is 300 g/mol. The molecule has 2 rings (SSSR count). The number of nitrogens with one attached hydrogen (secondary N) is 1. The monoisotopic (exact) mass is 300 g/mol. The van der Waals surface area contributed by atoms with Gasteiger partial charge in [0, 0.05) is 20.2 Å². The second-order valence-corrected chi connectivity index (χ2v) is 5.86. The highest BCUT2D eigenvalue weighted by molar-refractivity contribution is 8.00. The molecule has 2 aromatic heterocycles. The van der Waals surface area contributed by atoms with E-state index < -0.39 is 5.91 Å². The molecule has 19 heavy (non-hydrogen) atoms. The first-order chi connectivity index (χ1) is 9.10. The number of amides is 1. The summed E-state index contributed by atoms with van der Waals surface area (Å²) in [7, 11) is 3.81. The molecule has 3 N–H and O–H groups in total. The molecule has 2 aromatic rings. The molecule has 2 heterocycles. The molecule has 1 amide bonds. The Morgan fingerprint density at radius 3 is 3.00 bits per heavy atom. The molecule has 0 saturated heterocycles. The van der Waals surface area contributed by atoms with E-state index in [4.69, 9.17) is 10.4 Å². The lowest BCUT2D eigenvalue weighted by atomic mass is 10.4. The number of nitrogen functional groups attached to an aromatic ring is 1. The van der Waals surface area contributed by atoms with Crippen LogP contribution >= 0.6 is 23.1 Å². The van der Waals surface area contributed by atoms with Crippen molar-refractivity contribution in [3.8, 4) is 0 Å². The van der Waals surface area contributed by atoms with Gasteiger partial charge in [-0.25, -0.2) is 5.84 Å². The number of hydrogen-bond donors (Lipinski definition) is 2. The van der Waals surface area contributed by atoms with Crippen LogP contribution < -0.4 is 16.2 Å². The number of aromatic nitrogens is 3. The Hall–Kier alpha value is -1.65. The van der Waals surface area contributed by atoms with Crippen molar-refractivity contribution >= 4 is 34.1 Å². The minimum absolute atomic E-state index is 0.157. The molecule has 0 saturated carbocycles. The lowest BCUT2D eigenvalue weighted by Crippen LogP contribution is -2.30. The topological polar surface area (TPSA) is 110 Å². The molecule has 0 spiro atoms. The molecule has 0 bridgehead atoms. The standard InChI is InChI=1S/C9H12N6O2S2/c1-15(2)8-12-13-9(19-8)18-4-5-3-6(14-17-5)7(16)11-10/h3H,4,10H2,1-2H3,(H,11,16). The van der Waals surface area contributed by atoms with Gasteiger partial charge in [0.1, 0.15) is 5.76 Å². The van der Waals surface area contributed by atoms with Crippen molar-refractivity contribution in [3.05, 3.63) is 17.5 Å². The third-order valence-corrected chi connectivity index (χ3v) is 4.29.